The van der Waals surface area contributed by atoms with Gasteiger partial charge in [-0.05, 0) is 49.1 Å². The Balaban J connectivity index is 2.26. The van der Waals surface area contributed by atoms with Crippen molar-refractivity contribution in [2.45, 2.75) is 25.7 Å². The van der Waals surface area contributed by atoms with Gasteiger partial charge in [-0.2, -0.15) is 11.8 Å². The molecule has 1 rings (SSSR count). The zero-order valence-corrected chi connectivity index (χ0v) is 13.3. The van der Waals surface area contributed by atoms with Crippen molar-refractivity contribution in [1.29, 1.82) is 0 Å². The van der Waals surface area contributed by atoms with Gasteiger partial charge in [0.05, 0.1) is 0 Å². The third-order valence-corrected chi connectivity index (χ3v) is 3.72. The number of nitrogens with one attached hydrogen (secondary N) is 1. The smallest absolute Gasteiger partial charge is 0.251 e. The van der Waals surface area contributed by atoms with Crippen LogP contribution in [0.15, 0.2) is 24.3 Å². The third kappa shape index (κ3) is 7.79. The molecule has 0 unspecified atom stereocenters. The molecular weight excluding hydrogens is 282 g/mol. The van der Waals surface area contributed by atoms with Crippen molar-refractivity contribution in [3.05, 3.63) is 35.4 Å². The van der Waals surface area contributed by atoms with Crippen molar-refractivity contribution in [3.63, 3.8) is 0 Å². The summed E-state index contributed by atoms with van der Waals surface area (Å²) in [6.45, 7) is 0.573. The fourth-order valence-corrected chi connectivity index (χ4v) is 2.37. The van der Waals surface area contributed by atoms with Crippen LogP contribution in [0.1, 0.15) is 41.6 Å². The van der Waals surface area contributed by atoms with E-state index < -0.39 is 0 Å². The quantitative estimate of drug-likeness (QED) is 0.573. The number of unbranched alkanes of at least 4 members (excludes halogenated alkanes) is 3. The zero-order valence-electron chi connectivity index (χ0n) is 12.5. The molecule has 0 aliphatic heterocycles. The van der Waals surface area contributed by atoms with Gasteiger partial charge in [0.2, 0.25) is 0 Å². The molecular formula is C17H23NO2S. The highest BCUT2D eigenvalue weighted by Gasteiger charge is 2.03. The van der Waals surface area contributed by atoms with E-state index in [1.807, 2.05) is 11.8 Å². The van der Waals surface area contributed by atoms with Crippen LogP contribution in [0.3, 0.4) is 0 Å². The minimum absolute atomic E-state index is 0.0409. The lowest BCUT2D eigenvalue weighted by molar-refractivity contribution is 0.0953. The lowest BCUT2D eigenvalue weighted by Crippen LogP contribution is -2.24. The van der Waals surface area contributed by atoms with E-state index in [9.17, 15) is 4.79 Å². The molecule has 3 nitrogen and oxygen atoms in total. The van der Waals surface area contributed by atoms with Gasteiger partial charge in [0, 0.05) is 17.7 Å². The molecule has 1 aromatic carbocycles. The van der Waals surface area contributed by atoms with Crippen LogP contribution in [-0.2, 0) is 0 Å². The Kier molecular flexibility index (Phi) is 9.43. The molecule has 0 bridgehead atoms. The Morgan fingerprint density at radius 1 is 1.19 bits per heavy atom. The van der Waals surface area contributed by atoms with Crippen LogP contribution in [0.25, 0.3) is 0 Å². The first kappa shape index (κ1) is 17.6. The number of carbonyl (C=O) groups is 1. The summed E-state index contributed by atoms with van der Waals surface area (Å²) in [5, 5.41) is 11.6. The van der Waals surface area contributed by atoms with E-state index in [0.29, 0.717) is 5.56 Å². The van der Waals surface area contributed by atoms with Crippen molar-refractivity contribution in [2.24, 2.45) is 0 Å². The predicted molar refractivity (Wildman–Crippen MR) is 89.6 cm³/mol. The summed E-state index contributed by atoms with van der Waals surface area (Å²) in [7, 11) is 0. The number of amides is 1. The van der Waals surface area contributed by atoms with Gasteiger partial charge in [0.25, 0.3) is 5.91 Å². The summed E-state index contributed by atoms with van der Waals surface area (Å²) in [5.41, 5.74) is 1.45. The molecule has 0 aliphatic rings. The molecule has 0 aromatic heterocycles. The average molecular weight is 305 g/mol. The van der Waals surface area contributed by atoms with E-state index in [-0.39, 0.29) is 12.5 Å². The molecule has 0 fully saturated rings. The number of carbonyl (C=O) groups excluding carboxylic acids is 1. The Morgan fingerprint density at radius 3 is 2.57 bits per heavy atom. The lowest BCUT2D eigenvalue weighted by atomic mass is 10.1. The van der Waals surface area contributed by atoms with Crippen LogP contribution < -0.4 is 5.32 Å². The molecule has 2 N–H and O–H groups in total. The highest BCUT2D eigenvalue weighted by molar-refractivity contribution is 7.98. The average Bonchev–Trinajstić information content (AvgIpc) is 2.52. The maximum atomic E-state index is 11.9. The van der Waals surface area contributed by atoms with E-state index in [1.165, 1.54) is 18.6 Å². The van der Waals surface area contributed by atoms with E-state index in [2.05, 4.69) is 23.4 Å². The summed E-state index contributed by atoms with van der Waals surface area (Å²) in [6.07, 6.45) is 6.80. The third-order valence-electron chi connectivity index (χ3n) is 3.02. The second-order valence-corrected chi connectivity index (χ2v) is 5.69. The molecule has 0 saturated heterocycles. The molecule has 114 valence electrons. The van der Waals surface area contributed by atoms with E-state index in [1.54, 1.807) is 24.3 Å². The maximum Gasteiger partial charge on any atom is 0.251 e. The van der Waals surface area contributed by atoms with Crippen molar-refractivity contribution >= 4 is 17.7 Å². The first-order chi connectivity index (χ1) is 10.3. The molecule has 21 heavy (non-hydrogen) atoms. The van der Waals surface area contributed by atoms with Crippen LogP contribution in [-0.4, -0.2) is 36.2 Å². The van der Waals surface area contributed by atoms with Crippen molar-refractivity contribution in [1.82, 2.24) is 5.32 Å². The van der Waals surface area contributed by atoms with Gasteiger partial charge >= 0.3 is 0 Å². The minimum Gasteiger partial charge on any atom is -0.384 e. The monoisotopic (exact) mass is 305 g/mol. The first-order valence-electron chi connectivity index (χ1n) is 7.25. The number of hydrogen-bond donors (Lipinski definition) is 2. The molecule has 0 aliphatic carbocycles. The lowest BCUT2D eigenvalue weighted by Gasteiger charge is -2.05. The molecule has 0 heterocycles. The predicted octanol–water partition coefficient (Wildman–Crippen LogP) is 2.68. The Morgan fingerprint density at radius 2 is 1.90 bits per heavy atom. The Bertz CT molecular complexity index is 474. The molecule has 0 saturated carbocycles. The standard InChI is InChI=1S/C17H23NO2S/c1-21-14-5-3-2-4-12-18-17(20)16-10-8-15(9-11-16)7-6-13-19/h8-11,19H,2-5,12-14H2,1H3,(H,18,20). The van der Waals surface area contributed by atoms with Gasteiger partial charge in [-0.15, -0.1) is 0 Å². The number of rotatable bonds is 8. The molecule has 4 heteroatoms. The van der Waals surface area contributed by atoms with Crippen LogP contribution in [0.2, 0.25) is 0 Å². The topological polar surface area (TPSA) is 49.3 Å². The van der Waals surface area contributed by atoms with E-state index in [4.69, 9.17) is 5.11 Å². The van der Waals surface area contributed by atoms with Crippen LogP contribution in [0.5, 0.6) is 0 Å². The van der Waals surface area contributed by atoms with E-state index >= 15 is 0 Å². The highest BCUT2D eigenvalue weighted by Crippen LogP contribution is 2.05. The number of hydrogen-bond acceptors (Lipinski definition) is 3. The Labute approximate surface area is 131 Å². The van der Waals surface area contributed by atoms with Crippen LogP contribution in [0, 0.1) is 11.8 Å². The molecule has 0 radical (unpaired) electrons. The van der Waals surface area contributed by atoms with Crippen LogP contribution in [0.4, 0.5) is 0 Å². The SMILES string of the molecule is CSCCCCCCNC(=O)c1ccc(C#CCO)cc1. The second kappa shape index (κ2) is 11.2. The first-order valence-corrected chi connectivity index (χ1v) is 8.64. The van der Waals surface area contributed by atoms with Crippen molar-refractivity contribution < 1.29 is 9.90 Å². The Hall–Kier alpha value is -1.44. The van der Waals surface area contributed by atoms with Gasteiger partial charge in [-0.25, -0.2) is 0 Å². The second-order valence-electron chi connectivity index (χ2n) is 4.70. The van der Waals surface area contributed by atoms with Gasteiger partial charge in [-0.3, -0.25) is 4.79 Å². The normalized spacial score (nSPS) is 9.81. The number of benzene rings is 1. The summed E-state index contributed by atoms with van der Waals surface area (Å²) >= 11 is 1.88. The summed E-state index contributed by atoms with van der Waals surface area (Å²) < 4.78 is 0. The summed E-state index contributed by atoms with van der Waals surface area (Å²) in [4.78, 5) is 11.9. The van der Waals surface area contributed by atoms with Gasteiger partial charge < -0.3 is 10.4 Å². The van der Waals surface area contributed by atoms with Crippen molar-refractivity contribution in [3.8, 4) is 11.8 Å². The molecule has 1 aromatic rings. The van der Waals surface area contributed by atoms with E-state index in [0.717, 1.165) is 24.9 Å². The highest BCUT2D eigenvalue weighted by atomic mass is 32.2. The van der Waals surface area contributed by atoms with Crippen molar-refractivity contribution in [2.75, 3.05) is 25.2 Å². The molecule has 1 amide bonds. The summed E-state index contributed by atoms with van der Waals surface area (Å²) in [6, 6.07) is 7.10. The number of thioether (sulfide) groups is 1. The van der Waals surface area contributed by atoms with Gasteiger partial charge in [0.1, 0.15) is 6.61 Å². The largest absolute Gasteiger partial charge is 0.384 e. The zero-order chi connectivity index (χ0) is 15.3. The minimum atomic E-state index is -0.154. The van der Waals surface area contributed by atoms with Crippen LogP contribution >= 0.6 is 11.8 Å². The molecule has 0 atom stereocenters. The van der Waals surface area contributed by atoms with Gasteiger partial charge in [0.15, 0.2) is 0 Å². The molecule has 0 spiro atoms. The maximum absolute atomic E-state index is 11.9. The fraction of sp³-hybridized carbons (Fsp3) is 0.471. The number of aliphatic hydroxyl groups is 1. The number of aliphatic hydroxyl groups excluding tert-OH is 1. The van der Waals surface area contributed by atoms with Gasteiger partial charge in [-0.1, -0.05) is 24.7 Å². The fourth-order valence-electron chi connectivity index (χ4n) is 1.88. The summed E-state index contributed by atoms with van der Waals surface area (Å²) in [5.74, 6) is 6.56.